The fraction of sp³-hybridized carbons (Fsp3) is 0.615. The molecule has 1 heterocycles. The van der Waals surface area contributed by atoms with Gasteiger partial charge >= 0.3 is 0 Å². The minimum Gasteiger partial charge on any atom is -0.383 e. The Bertz CT molecular complexity index is 527. The summed E-state index contributed by atoms with van der Waals surface area (Å²) in [5, 5.41) is 10.2. The van der Waals surface area contributed by atoms with Crippen molar-refractivity contribution in [3.8, 4) is 0 Å². The van der Waals surface area contributed by atoms with Gasteiger partial charge in [-0.2, -0.15) is 8.42 Å². The van der Waals surface area contributed by atoms with Crippen LogP contribution in [0.3, 0.4) is 0 Å². The van der Waals surface area contributed by atoms with Gasteiger partial charge in [0.25, 0.3) is 10.1 Å². The summed E-state index contributed by atoms with van der Waals surface area (Å²) < 4.78 is 26.5. The van der Waals surface area contributed by atoms with Crippen LogP contribution in [0, 0.1) is 0 Å². The first-order valence-electron chi connectivity index (χ1n) is 5.96. The van der Waals surface area contributed by atoms with Gasteiger partial charge in [-0.25, -0.2) is 0 Å². The molecule has 0 unspecified atom stereocenters. The number of nitrogens with zero attached hydrogens (tertiary/aromatic N) is 1. The second-order valence-corrected chi connectivity index (χ2v) is 7.57. The molecule has 0 saturated carbocycles. The maximum atomic E-state index is 10.9. The van der Waals surface area contributed by atoms with Crippen LogP contribution in [-0.2, 0) is 25.3 Å². The van der Waals surface area contributed by atoms with Crippen molar-refractivity contribution in [1.29, 1.82) is 0 Å². The summed E-state index contributed by atoms with van der Waals surface area (Å²) in [6.45, 7) is 7.29. The number of rotatable bonds is 4. The topological polar surface area (TPSA) is 76.5 Å². The van der Waals surface area contributed by atoms with Crippen molar-refractivity contribution >= 4 is 10.1 Å². The van der Waals surface area contributed by atoms with E-state index < -0.39 is 15.7 Å². The van der Waals surface area contributed by atoms with Crippen LogP contribution in [-0.4, -0.2) is 31.4 Å². The van der Waals surface area contributed by atoms with Crippen LogP contribution in [0.15, 0.2) is 18.3 Å². The average Bonchev–Trinajstić information content (AvgIpc) is 2.25. The number of aromatic nitrogens is 1. The third-order valence-electron chi connectivity index (χ3n) is 2.71. The summed E-state index contributed by atoms with van der Waals surface area (Å²) in [6, 6.07) is 3.56. The van der Waals surface area contributed by atoms with Crippen molar-refractivity contribution < 1.29 is 17.7 Å². The predicted molar refractivity (Wildman–Crippen MR) is 73.3 cm³/mol. The van der Waals surface area contributed by atoms with Crippen molar-refractivity contribution in [2.24, 2.45) is 0 Å². The summed E-state index contributed by atoms with van der Waals surface area (Å²) in [4.78, 5) is 4.30. The average molecular weight is 287 g/mol. The van der Waals surface area contributed by atoms with E-state index in [1.54, 1.807) is 12.3 Å². The van der Waals surface area contributed by atoms with E-state index in [2.05, 4.69) is 9.17 Å². The molecule has 0 amide bonds. The Kier molecular flexibility index (Phi) is 4.39. The normalized spacial score (nSPS) is 16.1. The van der Waals surface area contributed by atoms with E-state index in [0.717, 1.165) is 11.9 Å². The summed E-state index contributed by atoms with van der Waals surface area (Å²) in [5.41, 5.74) is -0.0552. The molecule has 0 aliphatic heterocycles. The van der Waals surface area contributed by atoms with Crippen molar-refractivity contribution in [3.05, 3.63) is 29.6 Å². The van der Waals surface area contributed by atoms with E-state index in [1.807, 2.05) is 26.8 Å². The molecule has 1 N–H and O–H groups in total. The van der Waals surface area contributed by atoms with Crippen LogP contribution in [0.4, 0.5) is 0 Å². The summed E-state index contributed by atoms with van der Waals surface area (Å²) in [5.74, 6) is 0. The Morgan fingerprint density at radius 2 is 1.84 bits per heavy atom. The van der Waals surface area contributed by atoms with Gasteiger partial charge in [0.1, 0.15) is 5.60 Å². The minimum atomic E-state index is -3.58. The summed E-state index contributed by atoms with van der Waals surface area (Å²) >= 11 is 0. The molecule has 5 nitrogen and oxygen atoms in total. The van der Waals surface area contributed by atoms with Gasteiger partial charge in [-0.1, -0.05) is 26.8 Å². The maximum Gasteiger partial charge on any atom is 0.264 e. The van der Waals surface area contributed by atoms with Gasteiger partial charge in [0.05, 0.1) is 12.9 Å². The lowest BCUT2D eigenvalue weighted by atomic mass is 9.90. The van der Waals surface area contributed by atoms with Gasteiger partial charge in [-0.3, -0.25) is 9.17 Å². The molecule has 6 heteroatoms. The molecular formula is C13H21NO4S. The molecule has 0 bridgehead atoms. The van der Waals surface area contributed by atoms with E-state index in [1.165, 1.54) is 6.92 Å². The summed E-state index contributed by atoms with van der Waals surface area (Å²) in [6.07, 6.45) is 2.50. The fourth-order valence-corrected chi connectivity index (χ4v) is 1.90. The van der Waals surface area contributed by atoms with Gasteiger partial charge in [0, 0.05) is 22.9 Å². The molecule has 19 heavy (non-hydrogen) atoms. The minimum absolute atomic E-state index is 0.0757. The van der Waals surface area contributed by atoms with E-state index in [0.29, 0.717) is 5.56 Å². The van der Waals surface area contributed by atoms with Crippen LogP contribution in [0.2, 0.25) is 0 Å². The lowest BCUT2D eigenvalue weighted by molar-refractivity contribution is 0.00974. The molecule has 1 atom stereocenters. The molecule has 0 aliphatic rings. The molecule has 0 aromatic carbocycles. The van der Waals surface area contributed by atoms with E-state index >= 15 is 0 Å². The molecule has 0 spiro atoms. The first-order chi connectivity index (χ1) is 8.42. The van der Waals surface area contributed by atoms with Crippen LogP contribution in [0.5, 0.6) is 0 Å². The quantitative estimate of drug-likeness (QED) is 0.850. The molecule has 0 radical (unpaired) electrons. The lowest BCUT2D eigenvalue weighted by Crippen LogP contribution is -2.29. The maximum absolute atomic E-state index is 10.9. The Hall–Kier alpha value is -0.980. The van der Waals surface area contributed by atoms with E-state index in [-0.39, 0.29) is 12.0 Å². The molecule has 1 rings (SSSR count). The lowest BCUT2D eigenvalue weighted by Gasteiger charge is -2.24. The number of pyridine rings is 1. The van der Waals surface area contributed by atoms with Crippen molar-refractivity contribution in [2.45, 2.75) is 38.7 Å². The number of aliphatic hydroxyl groups is 1. The zero-order valence-corrected chi connectivity index (χ0v) is 12.8. The Morgan fingerprint density at radius 3 is 2.21 bits per heavy atom. The largest absolute Gasteiger partial charge is 0.383 e. The summed E-state index contributed by atoms with van der Waals surface area (Å²) in [7, 11) is -3.58. The fourth-order valence-electron chi connectivity index (χ4n) is 1.46. The highest BCUT2D eigenvalue weighted by Crippen LogP contribution is 2.24. The molecular weight excluding hydrogens is 266 g/mol. The Balaban J connectivity index is 2.90. The highest BCUT2D eigenvalue weighted by atomic mass is 32.2. The molecule has 0 saturated heterocycles. The second-order valence-electron chi connectivity index (χ2n) is 5.92. The van der Waals surface area contributed by atoms with Gasteiger partial charge in [0.2, 0.25) is 0 Å². The predicted octanol–water partition coefficient (Wildman–Crippen LogP) is 1.56. The van der Waals surface area contributed by atoms with Crippen LogP contribution in [0.1, 0.15) is 39.0 Å². The number of hydrogen-bond acceptors (Lipinski definition) is 5. The Labute approximate surface area is 114 Å². The zero-order valence-electron chi connectivity index (χ0n) is 12.0. The first-order valence-corrected chi connectivity index (χ1v) is 7.77. The SMILES string of the molecule is CC(C)(C)c1ccc([C@](C)(O)COS(C)(=O)=O)cn1. The van der Waals surface area contributed by atoms with E-state index in [9.17, 15) is 13.5 Å². The van der Waals surface area contributed by atoms with Gasteiger partial charge in [-0.15, -0.1) is 0 Å². The third-order valence-corrected chi connectivity index (χ3v) is 3.25. The first kappa shape index (κ1) is 16.1. The van der Waals surface area contributed by atoms with Crippen molar-refractivity contribution in [2.75, 3.05) is 12.9 Å². The second kappa shape index (κ2) is 5.19. The molecule has 108 valence electrons. The monoisotopic (exact) mass is 287 g/mol. The van der Waals surface area contributed by atoms with Crippen LogP contribution < -0.4 is 0 Å². The third kappa shape index (κ3) is 4.89. The molecule has 1 aromatic rings. The van der Waals surface area contributed by atoms with Crippen molar-refractivity contribution in [3.63, 3.8) is 0 Å². The smallest absolute Gasteiger partial charge is 0.264 e. The highest BCUT2D eigenvalue weighted by molar-refractivity contribution is 7.85. The Morgan fingerprint density at radius 1 is 1.26 bits per heavy atom. The zero-order chi connectivity index (χ0) is 14.9. The van der Waals surface area contributed by atoms with E-state index in [4.69, 9.17) is 0 Å². The van der Waals surface area contributed by atoms with Crippen LogP contribution >= 0.6 is 0 Å². The molecule has 0 aliphatic carbocycles. The number of hydrogen-bond donors (Lipinski definition) is 1. The van der Waals surface area contributed by atoms with Gasteiger partial charge < -0.3 is 5.11 Å². The molecule has 0 fully saturated rings. The van der Waals surface area contributed by atoms with Crippen LogP contribution in [0.25, 0.3) is 0 Å². The van der Waals surface area contributed by atoms with Crippen molar-refractivity contribution in [1.82, 2.24) is 4.98 Å². The van der Waals surface area contributed by atoms with Gasteiger partial charge in [0.15, 0.2) is 0 Å². The molecule has 1 aromatic heterocycles. The standard InChI is InChI=1S/C13H21NO4S/c1-12(2,3)11-7-6-10(8-14-11)13(4,15)9-18-19(5,16)17/h6-8,15H,9H2,1-5H3/t13-/m1/s1. The van der Waals surface area contributed by atoms with Gasteiger partial charge in [-0.05, 0) is 13.0 Å². The highest BCUT2D eigenvalue weighted by Gasteiger charge is 2.26.